The molecule has 5 unspecified atom stereocenters. The number of nitriles is 1. The molecule has 5 aliphatic rings. The lowest BCUT2D eigenvalue weighted by Crippen LogP contribution is -2.41. The zero-order chi connectivity index (χ0) is 35.9. The highest BCUT2D eigenvalue weighted by atomic mass is 35.5. The van der Waals surface area contributed by atoms with Gasteiger partial charge in [0, 0.05) is 70.7 Å². The fraction of sp³-hybridized carbons (Fsp3) is 0.405. The lowest BCUT2D eigenvalue weighted by molar-refractivity contribution is -0.138. The van der Waals surface area contributed by atoms with Crippen LogP contribution in [0.4, 0.5) is 4.39 Å². The predicted octanol–water partition coefficient (Wildman–Crippen LogP) is 9.26. The van der Waals surface area contributed by atoms with E-state index in [9.17, 15) is 10.1 Å². The second kappa shape index (κ2) is 12.8. The van der Waals surface area contributed by atoms with Crippen LogP contribution in [-0.4, -0.2) is 45.6 Å². The third-order valence-corrected chi connectivity index (χ3v) is 13.0. The number of likely N-dealkylation sites (tertiary alicyclic amines) is 1. The van der Waals surface area contributed by atoms with Crippen LogP contribution >= 0.6 is 23.2 Å². The number of nitrogens with one attached hydrogen (secondary N) is 1. The monoisotopic (exact) mass is 735 g/mol. The van der Waals surface area contributed by atoms with Crippen molar-refractivity contribution in [3.63, 3.8) is 0 Å². The zero-order valence-corrected chi connectivity index (χ0v) is 30.8. The topological polar surface area (TPSA) is 83.2 Å². The van der Waals surface area contributed by atoms with Crippen LogP contribution in [0.5, 0.6) is 0 Å². The largest absolute Gasteiger partial charge is 0.372 e. The number of amides is 1. The quantitative estimate of drug-likeness (QED) is 0.163. The molecule has 1 amide bonds. The fourth-order valence-electron chi connectivity index (χ4n) is 9.06. The number of halogens is 3. The Bertz CT molecular complexity index is 2280. The van der Waals surface area contributed by atoms with Gasteiger partial charge in [0.2, 0.25) is 5.91 Å². The average Bonchev–Trinajstić information content (AvgIpc) is 3.60. The van der Waals surface area contributed by atoms with Crippen LogP contribution in [0.25, 0.3) is 32.9 Å². The number of pyridine rings is 1. The van der Waals surface area contributed by atoms with E-state index in [1.165, 1.54) is 0 Å². The molecule has 3 aliphatic heterocycles. The van der Waals surface area contributed by atoms with E-state index in [-0.39, 0.29) is 52.5 Å². The molecule has 10 rings (SSSR count). The Balaban J connectivity index is 1.24. The summed E-state index contributed by atoms with van der Waals surface area (Å²) in [5.41, 5.74) is 5.21. The number of fused-ring (bicyclic) bond motifs is 4. The van der Waals surface area contributed by atoms with Gasteiger partial charge in [-0.2, -0.15) is 5.26 Å². The smallest absolute Gasteiger partial charge is 0.229 e. The van der Waals surface area contributed by atoms with E-state index in [1.54, 1.807) is 18.2 Å². The third-order valence-electron chi connectivity index (χ3n) is 12.1. The maximum Gasteiger partial charge on any atom is 0.229 e. The Hall–Kier alpha value is -4.00. The van der Waals surface area contributed by atoms with E-state index < -0.39 is 5.82 Å². The van der Waals surface area contributed by atoms with Gasteiger partial charge < -0.3 is 19.5 Å². The molecule has 2 aromatic heterocycles. The molecule has 10 heteroatoms. The van der Waals surface area contributed by atoms with Gasteiger partial charge in [0.25, 0.3) is 0 Å². The molecule has 3 aromatic carbocycles. The number of benzene rings is 3. The first-order valence-electron chi connectivity index (χ1n) is 18.3. The molecule has 2 saturated carbocycles. The maximum atomic E-state index is 17.2. The van der Waals surface area contributed by atoms with Gasteiger partial charge in [-0.05, 0) is 67.9 Å². The molecule has 0 radical (unpaired) electrons. The number of aryl methyl sites for hydroxylation is 2. The van der Waals surface area contributed by atoms with E-state index in [0.717, 1.165) is 53.7 Å². The van der Waals surface area contributed by atoms with Crippen LogP contribution in [-0.2, 0) is 22.6 Å². The molecule has 7 nitrogen and oxygen atoms in total. The second-order valence-electron chi connectivity index (χ2n) is 15.5. The number of hydrogen-bond donors (Lipinski definition) is 1. The van der Waals surface area contributed by atoms with E-state index >= 15 is 4.39 Å². The molecule has 266 valence electrons. The van der Waals surface area contributed by atoms with E-state index in [2.05, 4.69) is 46.0 Å². The SMILES string of the molecule is Cc1nc2c(F)c(-c3cccc(Cl)c3Cl)c(CCC#N)cc2c2c1cc(C1CC(OCc3ccccc3)CN1C(=O)C1(C)CC1)n2C1C2CNC1C2. The molecular weight excluding hydrogens is 696 g/mol. The van der Waals surface area contributed by atoms with E-state index in [1.807, 2.05) is 31.2 Å². The fourth-order valence-corrected chi connectivity index (χ4v) is 9.45. The molecule has 52 heavy (non-hydrogen) atoms. The summed E-state index contributed by atoms with van der Waals surface area (Å²) >= 11 is 13.1. The van der Waals surface area contributed by atoms with Crippen molar-refractivity contribution in [1.82, 2.24) is 19.8 Å². The Kier molecular flexibility index (Phi) is 8.35. The minimum absolute atomic E-state index is 0.129. The third kappa shape index (κ3) is 5.43. The highest BCUT2D eigenvalue weighted by Gasteiger charge is 2.53. The second-order valence-corrected chi connectivity index (χ2v) is 16.3. The lowest BCUT2D eigenvalue weighted by atomic mass is 9.79. The van der Waals surface area contributed by atoms with Crippen molar-refractivity contribution in [2.24, 2.45) is 11.3 Å². The Labute approximate surface area is 312 Å². The highest BCUT2D eigenvalue weighted by Crippen LogP contribution is 2.53. The minimum atomic E-state index is -0.475. The predicted molar refractivity (Wildman–Crippen MR) is 202 cm³/mol. The van der Waals surface area contributed by atoms with Crippen LogP contribution in [0, 0.1) is 35.4 Å². The molecule has 5 heterocycles. The Morgan fingerprint density at radius 1 is 1.12 bits per heavy atom. The summed E-state index contributed by atoms with van der Waals surface area (Å²) in [5, 5.41) is 15.6. The Morgan fingerprint density at radius 3 is 2.63 bits per heavy atom. The summed E-state index contributed by atoms with van der Waals surface area (Å²) < 4.78 is 26.2. The normalized spacial score (nSPS) is 24.4. The van der Waals surface area contributed by atoms with Crippen LogP contribution in [0.3, 0.4) is 0 Å². The first kappa shape index (κ1) is 33.8. The van der Waals surface area contributed by atoms with Crippen molar-refractivity contribution in [1.29, 1.82) is 5.26 Å². The van der Waals surface area contributed by atoms with Crippen LogP contribution in [0.15, 0.2) is 60.7 Å². The number of carbonyl (C=O) groups excluding carboxylic acids is 1. The van der Waals surface area contributed by atoms with Crippen molar-refractivity contribution >= 4 is 50.9 Å². The number of carbonyl (C=O) groups is 1. The van der Waals surface area contributed by atoms with Gasteiger partial charge in [0.1, 0.15) is 5.52 Å². The molecule has 1 N–H and O–H groups in total. The van der Waals surface area contributed by atoms with Gasteiger partial charge in [-0.1, -0.05) is 72.6 Å². The van der Waals surface area contributed by atoms with Crippen molar-refractivity contribution < 1.29 is 13.9 Å². The lowest BCUT2D eigenvalue weighted by Gasteiger charge is -2.39. The van der Waals surface area contributed by atoms with Gasteiger partial charge in [-0.15, -0.1) is 0 Å². The number of aromatic nitrogens is 2. The molecule has 5 fully saturated rings. The molecule has 2 aliphatic carbocycles. The number of hydrogen-bond acceptors (Lipinski definition) is 5. The maximum absolute atomic E-state index is 17.2. The minimum Gasteiger partial charge on any atom is -0.372 e. The van der Waals surface area contributed by atoms with Crippen LogP contribution in [0.2, 0.25) is 10.0 Å². The molecular formula is C42H40Cl2FN5O2. The first-order valence-corrected chi connectivity index (χ1v) is 19.1. The van der Waals surface area contributed by atoms with Crippen LogP contribution < -0.4 is 5.32 Å². The number of nitrogens with zero attached hydrogens (tertiary/aromatic N) is 4. The summed E-state index contributed by atoms with van der Waals surface area (Å²) in [6.45, 7) is 5.94. The standard InChI is InChI=1S/C42H40Cl2FN5O2/c1-23-29-19-34(33-18-27(52-22-24-8-4-3-5-9-24)21-49(33)41(51)42(2)13-14-42)50(39-26-17-32(39)47-20-26)40(29)30-16-25(10-7-15-46)35(37(45)38(30)48-23)28-11-6-12-31(43)36(28)44/h3-6,8-9,11-12,16,19,26-27,32-33,39,47H,7,10,13-14,17-18,20-22H2,1-2H3. The van der Waals surface area contributed by atoms with Gasteiger partial charge >= 0.3 is 0 Å². The average molecular weight is 737 g/mol. The van der Waals surface area contributed by atoms with Crippen molar-refractivity contribution in [2.75, 3.05) is 13.1 Å². The zero-order valence-electron chi connectivity index (χ0n) is 29.3. The molecule has 5 atom stereocenters. The van der Waals surface area contributed by atoms with E-state index in [0.29, 0.717) is 59.0 Å². The van der Waals surface area contributed by atoms with E-state index in [4.69, 9.17) is 32.9 Å². The summed E-state index contributed by atoms with van der Waals surface area (Å²) in [6, 6.07) is 22.1. The highest BCUT2D eigenvalue weighted by molar-refractivity contribution is 6.43. The first-order chi connectivity index (χ1) is 25.2. The van der Waals surface area contributed by atoms with Gasteiger partial charge in [-0.25, -0.2) is 9.37 Å². The van der Waals surface area contributed by atoms with Crippen molar-refractivity contribution in [2.45, 2.75) is 83.2 Å². The summed E-state index contributed by atoms with van der Waals surface area (Å²) in [6.07, 6.45) is 3.95. The number of ether oxygens (including phenoxy) is 1. The van der Waals surface area contributed by atoms with Crippen molar-refractivity contribution in [3.8, 4) is 17.2 Å². The van der Waals surface area contributed by atoms with Crippen molar-refractivity contribution in [3.05, 3.63) is 99.0 Å². The molecule has 0 spiro atoms. The molecule has 2 bridgehead atoms. The Morgan fingerprint density at radius 2 is 1.92 bits per heavy atom. The summed E-state index contributed by atoms with van der Waals surface area (Å²) in [5.74, 6) is 0.131. The van der Waals surface area contributed by atoms with Gasteiger partial charge in [0.05, 0.1) is 46.4 Å². The van der Waals surface area contributed by atoms with Gasteiger partial charge in [0.15, 0.2) is 5.82 Å². The summed E-state index contributed by atoms with van der Waals surface area (Å²) in [4.78, 5) is 21.3. The number of rotatable bonds is 9. The van der Waals surface area contributed by atoms with Crippen LogP contribution in [0.1, 0.15) is 73.6 Å². The van der Waals surface area contributed by atoms with Gasteiger partial charge in [-0.3, -0.25) is 4.79 Å². The molecule has 3 saturated heterocycles. The summed E-state index contributed by atoms with van der Waals surface area (Å²) in [7, 11) is 0. The molecule has 5 aromatic rings.